The molecule has 0 spiro atoms. The molecule has 7 nitrogen and oxygen atoms in total. The van der Waals surface area contributed by atoms with Crippen LogP contribution in [0.15, 0.2) is 33.2 Å². The molecule has 1 aromatic heterocycles. The molecule has 1 aromatic carbocycles. The number of halogens is 2. The zero-order chi connectivity index (χ0) is 15.6. The van der Waals surface area contributed by atoms with Crippen LogP contribution in [0.3, 0.4) is 0 Å². The molecule has 0 saturated carbocycles. The fourth-order valence-electron chi connectivity index (χ4n) is 1.53. The first-order chi connectivity index (χ1) is 9.90. The molecule has 2 aromatic rings. The number of methoxy groups -OCH3 is 1. The quantitative estimate of drug-likeness (QED) is 0.596. The van der Waals surface area contributed by atoms with Gasteiger partial charge in [-0.1, -0.05) is 0 Å². The van der Waals surface area contributed by atoms with Crippen LogP contribution in [0.2, 0.25) is 0 Å². The normalized spacial score (nSPS) is 10.2. The lowest BCUT2D eigenvalue weighted by Gasteiger charge is -2.10. The molecule has 2 rings (SSSR count). The van der Waals surface area contributed by atoms with Gasteiger partial charge in [0.05, 0.1) is 33.1 Å². The van der Waals surface area contributed by atoms with E-state index in [0.717, 1.165) is 6.07 Å². The van der Waals surface area contributed by atoms with Gasteiger partial charge >= 0.3 is 0 Å². The van der Waals surface area contributed by atoms with E-state index in [-0.39, 0.29) is 17.4 Å². The number of aromatic nitrogens is 1. The third kappa shape index (κ3) is 3.61. The summed E-state index contributed by atoms with van der Waals surface area (Å²) >= 11 is 6.65. The van der Waals surface area contributed by atoms with Crippen molar-refractivity contribution in [3.8, 4) is 17.4 Å². The topological polar surface area (TPSA) is 101 Å². The summed E-state index contributed by atoms with van der Waals surface area (Å²) in [7, 11) is 1.54. The van der Waals surface area contributed by atoms with Crippen LogP contribution < -0.4 is 15.2 Å². The van der Waals surface area contributed by atoms with Crippen molar-refractivity contribution in [2.24, 2.45) is 0 Å². The number of nitrogens with two attached hydrogens (primary N) is 1. The second-order valence-electron chi connectivity index (χ2n) is 3.86. The van der Waals surface area contributed by atoms with Gasteiger partial charge in [-0.3, -0.25) is 10.1 Å². The summed E-state index contributed by atoms with van der Waals surface area (Å²) in [6, 6.07) is 5.70. The molecule has 0 amide bonds. The third-order valence-electron chi connectivity index (χ3n) is 2.44. The Balaban J connectivity index is 2.38. The summed E-state index contributed by atoms with van der Waals surface area (Å²) in [5, 5.41) is 10.8. The van der Waals surface area contributed by atoms with Crippen molar-refractivity contribution in [2.45, 2.75) is 0 Å². The average molecular weight is 419 g/mol. The molecule has 0 aliphatic carbocycles. The number of hydrogen-bond donors (Lipinski definition) is 1. The van der Waals surface area contributed by atoms with Gasteiger partial charge in [0.1, 0.15) is 17.3 Å². The van der Waals surface area contributed by atoms with E-state index in [1.54, 1.807) is 12.1 Å². The molecule has 0 radical (unpaired) electrons. The van der Waals surface area contributed by atoms with Crippen molar-refractivity contribution in [1.82, 2.24) is 4.98 Å². The molecule has 1 heterocycles. The first-order valence-electron chi connectivity index (χ1n) is 5.53. The Morgan fingerprint density at radius 3 is 2.43 bits per heavy atom. The van der Waals surface area contributed by atoms with E-state index in [9.17, 15) is 10.1 Å². The predicted octanol–water partition coefficient (Wildman–Crippen LogP) is 3.90. The molecule has 0 aliphatic heterocycles. The number of anilines is 1. The van der Waals surface area contributed by atoms with E-state index in [1.165, 1.54) is 13.2 Å². The molecule has 0 aliphatic rings. The summed E-state index contributed by atoms with van der Waals surface area (Å²) in [4.78, 5) is 14.1. The van der Waals surface area contributed by atoms with Crippen molar-refractivity contribution >= 4 is 43.4 Å². The summed E-state index contributed by atoms with van der Waals surface area (Å²) in [5.74, 6) is 1.05. The van der Waals surface area contributed by atoms with Crippen LogP contribution in [-0.4, -0.2) is 17.0 Å². The van der Waals surface area contributed by atoms with Gasteiger partial charge in [0.25, 0.3) is 5.69 Å². The van der Waals surface area contributed by atoms with Crippen LogP contribution in [0.5, 0.6) is 17.4 Å². The van der Waals surface area contributed by atoms with E-state index in [1.807, 2.05) is 0 Å². The summed E-state index contributed by atoms with van der Waals surface area (Å²) < 4.78 is 12.0. The van der Waals surface area contributed by atoms with Crippen LogP contribution in [0.4, 0.5) is 11.5 Å². The second kappa shape index (κ2) is 6.27. The molecule has 0 fully saturated rings. The number of ether oxygens (including phenoxy) is 2. The Bertz CT molecular complexity index is 709. The van der Waals surface area contributed by atoms with Gasteiger partial charge in [0.15, 0.2) is 0 Å². The first-order valence-corrected chi connectivity index (χ1v) is 7.12. The van der Waals surface area contributed by atoms with Crippen molar-refractivity contribution in [3.63, 3.8) is 0 Å². The van der Waals surface area contributed by atoms with E-state index < -0.39 is 4.92 Å². The highest BCUT2D eigenvalue weighted by atomic mass is 79.9. The average Bonchev–Trinajstić information content (AvgIpc) is 2.41. The number of benzene rings is 1. The van der Waals surface area contributed by atoms with Crippen molar-refractivity contribution in [1.29, 1.82) is 0 Å². The largest absolute Gasteiger partial charge is 0.496 e. The second-order valence-corrected chi connectivity index (χ2v) is 5.57. The van der Waals surface area contributed by atoms with Gasteiger partial charge in [-0.2, -0.15) is 4.98 Å². The lowest BCUT2D eigenvalue weighted by atomic mass is 10.3. The van der Waals surface area contributed by atoms with Crippen molar-refractivity contribution in [2.75, 3.05) is 12.8 Å². The highest BCUT2D eigenvalue weighted by molar-refractivity contribution is 9.11. The molecule has 0 atom stereocenters. The van der Waals surface area contributed by atoms with Gasteiger partial charge in [0.2, 0.25) is 5.88 Å². The highest BCUT2D eigenvalue weighted by Gasteiger charge is 2.14. The first kappa shape index (κ1) is 15.5. The maximum atomic E-state index is 10.8. The Labute approximate surface area is 136 Å². The minimum absolute atomic E-state index is 0.00269. The predicted molar refractivity (Wildman–Crippen MR) is 83.8 cm³/mol. The van der Waals surface area contributed by atoms with Crippen molar-refractivity contribution < 1.29 is 14.4 Å². The Morgan fingerprint density at radius 1 is 1.19 bits per heavy atom. The van der Waals surface area contributed by atoms with E-state index in [2.05, 4.69) is 36.8 Å². The number of hydrogen-bond acceptors (Lipinski definition) is 6. The standard InChI is InChI=1S/C12H9Br2N3O4/c1-20-9-4-8(14)10(5-7(9)13)21-12-3-6(17(18)19)2-11(15)16-12/h2-5H,1H3,(H2,15,16). The van der Waals surface area contributed by atoms with E-state index in [0.29, 0.717) is 20.4 Å². The van der Waals surface area contributed by atoms with Crippen LogP contribution in [0.1, 0.15) is 0 Å². The van der Waals surface area contributed by atoms with Gasteiger partial charge in [0, 0.05) is 0 Å². The highest BCUT2D eigenvalue weighted by Crippen LogP contribution is 2.38. The van der Waals surface area contributed by atoms with Gasteiger partial charge in [-0.05, 0) is 44.0 Å². The summed E-state index contributed by atoms with van der Waals surface area (Å²) in [5.41, 5.74) is 5.33. The summed E-state index contributed by atoms with van der Waals surface area (Å²) in [6.45, 7) is 0. The number of pyridine rings is 1. The Hall–Kier alpha value is -1.87. The zero-order valence-corrected chi connectivity index (χ0v) is 13.8. The number of nitro groups is 1. The van der Waals surface area contributed by atoms with E-state index >= 15 is 0 Å². The fraction of sp³-hybridized carbons (Fsp3) is 0.0833. The minimum Gasteiger partial charge on any atom is -0.496 e. The lowest BCUT2D eigenvalue weighted by Crippen LogP contribution is -1.98. The number of rotatable bonds is 4. The van der Waals surface area contributed by atoms with Crippen LogP contribution in [0.25, 0.3) is 0 Å². The fourth-order valence-corrected chi connectivity index (χ4v) is 2.41. The van der Waals surface area contributed by atoms with Crippen molar-refractivity contribution in [3.05, 3.63) is 43.3 Å². The smallest absolute Gasteiger partial charge is 0.278 e. The molecule has 2 N–H and O–H groups in total. The third-order valence-corrected chi connectivity index (χ3v) is 3.68. The molecule has 9 heteroatoms. The molecular weight excluding hydrogens is 410 g/mol. The van der Waals surface area contributed by atoms with Gasteiger partial charge in [-0.15, -0.1) is 0 Å². The molecule has 0 bridgehead atoms. The maximum absolute atomic E-state index is 10.8. The molecule has 110 valence electrons. The Morgan fingerprint density at radius 2 is 1.81 bits per heavy atom. The molecule has 0 saturated heterocycles. The lowest BCUT2D eigenvalue weighted by molar-refractivity contribution is -0.384. The molecule has 21 heavy (non-hydrogen) atoms. The monoisotopic (exact) mass is 417 g/mol. The van der Waals surface area contributed by atoms with E-state index in [4.69, 9.17) is 15.2 Å². The van der Waals surface area contributed by atoms with Gasteiger partial charge in [-0.25, -0.2) is 0 Å². The summed E-state index contributed by atoms with van der Waals surface area (Å²) in [6.07, 6.45) is 0. The number of nitrogen functional groups attached to an aromatic ring is 1. The number of nitrogens with zero attached hydrogens (tertiary/aromatic N) is 2. The van der Waals surface area contributed by atoms with Gasteiger partial charge < -0.3 is 15.2 Å². The van der Waals surface area contributed by atoms with Crippen LogP contribution in [-0.2, 0) is 0 Å². The maximum Gasteiger partial charge on any atom is 0.278 e. The molecule has 0 unspecified atom stereocenters. The van der Waals surface area contributed by atoms with Crippen LogP contribution in [0, 0.1) is 10.1 Å². The minimum atomic E-state index is -0.566. The SMILES string of the molecule is COc1cc(Br)c(Oc2cc([N+](=O)[O-])cc(N)n2)cc1Br. The van der Waals surface area contributed by atoms with Crippen LogP contribution >= 0.6 is 31.9 Å². The molecular formula is C12H9Br2N3O4. The zero-order valence-electron chi connectivity index (χ0n) is 10.7. The Kier molecular flexibility index (Phi) is 4.63.